The number of carbonyl (C=O) groups is 2. The van der Waals surface area contributed by atoms with E-state index in [1.807, 2.05) is 26.8 Å². The molecule has 1 aliphatic rings. The molecular weight excluding hydrogens is 320 g/mol. The summed E-state index contributed by atoms with van der Waals surface area (Å²) in [5, 5.41) is 5.97. The quantitative estimate of drug-likeness (QED) is 0.875. The number of hydrogen-bond donors (Lipinski definition) is 2. The van der Waals surface area contributed by atoms with Crippen LogP contribution in [-0.4, -0.2) is 36.8 Å². The van der Waals surface area contributed by atoms with E-state index < -0.39 is 5.60 Å². The molecule has 0 heterocycles. The Labute approximate surface area is 149 Å². The van der Waals surface area contributed by atoms with Crippen molar-refractivity contribution in [1.29, 1.82) is 0 Å². The van der Waals surface area contributed by atoms with Gasteiger partial charge in [0.1, 0.15) is 11.4 Å². The molecule has 138 valence electrons. The number of rotatable bonds is 4. The molecule has 0 saturated heterocycles. The fourth-order valence-corrected chi connectivity index (χ4v) is 2.89. The lowest BCUT2D eigenvalue weighted by atomic mass is 9.91. The maximum atomic E-state index is 12.3. The summed E-state index contributed by atoms with van der Waals surface area (Å²) >= 11 is 0. The van der Waals surface area contributed by atoms with Crippen LogP contribution in [0.25, 0.3) is 0 Å². The Morgan fingerprint density at radius 1 is 1.04 bits per heavy atom. The third-order valence-corrected chi connectivity index (χ3v) is 4.12. The molecule has 0 bridgehead atoms. The molecule has 2 amide bonds. The molecule has 6 heteroatoms. The smallest absolute Gasteiger partial charge is 0.407 e. The van der Waals surface area contributed by atoms with Crippen LogP contribution in [0.4, 0.5) is 4.79 Å². The van der Waals surface area contributed by atoms with Gasteiger partial charge in [0.2, 0.25) is 0 Å². The Bertz CT molecular complexity index is 602. The van der Waals surface area contributed by atoms with Crippen molar-refractivity contribution < 1.29 is 19.1 Å². The van der Waals surface area contributed by atoms with Gasteiger partial charge in [-0.15, -0.1) is 0 Å². The van der Waals surface area contributed by atoms with Crippen LogP contribution in [0.2, 0.25) is 0 Å². The summed E-state index contributed by atoms with van der Waals surface area (Å²) in [6, 6.07) is 7.33. The van der Waals surface area contributed by atoms with Gasteiger partial charge in [-0.1, -0.05) is 6.07 Å². The average Bonchev–Trinajstić information content (AvgIpc) is 2.55. The minimum atomic E-state index is -0.494. The van der Waals surface area contributed by atoms with E-state index >= 15 is 0 Å². The van der Waals surface area contributed by atoms with Crippen LogP contribution < -0.4 is 15.4 Å². The van der Waals surface area contributed by atoms with Crippen molar-refractivity contribution in [2.24, 2.45) is 0 Å². The van der Waals surface area contributed by atoms with Crippen molar-refractivity contribution in [3.63, 3.8) is 0 Å². The van der Waals surface area contributed by atoms with Gasteiger partial charge in [0, 0.05) is 17.6 Å². The van der Waals surface area contributed by atoms with Crippen LogP contribution in [0.15, 0.2) is 24.3 Å². The molecule has 0 radical (unpaired) electrons. The molecule has 0 spiro atoms. The summed E-state index contributed by atoms with van der Waals surface area (Å²) in [5.41, 5.74) is 0.0970. The van der Waals surface area contributed by atoms with E-state index in [9.17, 15) is 9.59 Å². The first kappa shape index (κ1) is 19.1. The number of benzene rings is 1. The molecule has 2 N–H and O–H groups in total. The first-order chi connectivity index (χ1) is 11.8. The number of nitrogens with one attached hydrogen (secondary N) is 2. The lowest BCUT2D eigenvalue weighted by molar-refractivity contribution is 0.0488. The summed E-state index contributed by atoms with van der Waals surface area (Å²) in [7, 11) is 1.58. The maximum Gasteiger partial charge on any atom is 0.407 e. The Morgan fingerprint density at radius 3 is 2.20 bits per heavy atom. The van der Waals surface area contributed by atoms with E-state index in [4.69, 9.17) is 9.47 Å². The number of alkyl carbamates (subject to hydrolysis) is 1. The van der Waals surface area contributed by atoms with Crippen molar-refractivity contribution in [2.45, 2.75) is 64.1 Å². The van der Waals surface area contributed by atoms with Crippen LogP contribution in [0.1, 0.15) is 56.8 Å². The zero-order chi connectivity index (χ0) is 18.4. The highest BCUT2D eigenvalue weighted by Crippen LogP contribution is 2.20. The third-order valence-electron chi connectivity index (χ3n) is 4.12. The Balaban J connectivity index is 1.78. The number of hydrogen-bond acceptors (Lipinski definition) is 4. The molecule has 0 atom stereocenters. The summed E-state index contributed by atoms with van der Waals surface area (Å²) in [4.78, 5) is 24.2. The van der Waals surface area contributed by atoms with Gasteiger partial charge < -0.3 is 20.1 Å². The van der Waals surface area contributed by atoms with Gasteiger partial charge in [0.25, 0.3) is 5.91 Å². The van der Waals surface area contributed by atoms with E-state index in [0.29, 0.717) is 11.3 Å². The Morgan fingerprint density at radius 2 is 1.64 bits per heavy atom. The Kier molecular flexibility index (Phi) is 6.28. The molecule has 1 fully saturated rings. The Hall–Kier alpha value is -2.24. The SMILES string of the molecule is COc1cccc(C(=O)N[C@H]2CC[C@@H](NC(=O)OC(C)(C)C)CC2)c1. The molecule has 1 aromatic rings. The fourth-order valence-electron chi connectivity index (χ4n) is 2.89. The highest BCUT2D eigenvalue weighted by Gasteiger charge is 2.25. The van der Waals surface area contributed by atoms with Gasteiger partial charge in [-0.05, 0) is 64.7 Å². The standard InChI is InChI=1S/C19H28N2O4/c1-19(2,3)25-18(23)21-15-10-8-14(9-11-15)20-17(22)13-6-5-7-16(12-13)24-4/h5-7,12,14-15H,8-11H2,1-4H3,(H,20,22)(H,21,23)/t14-,15+. The minimum Gasteiger partial charge on any atom is -0.497 e. The zero-order valence-corrected chi connectivity index (χ0v) is 15.4. The number of methoxy groups -OCH3 is 1. The summed E-state index contributed by atoms with van der Waals surface area (Å²) in [5.74, 6) is 0.570. The predicted octanol–water partition coefficient (Wildman–Crippen LogP) is 3.26. The summed E-state index contributed by atoms with van der Waals surface area (Å²) in [6.07, 6.45) is 2.92. The van der Waals surface area contributed by atoms with Crippen LogP contribution in [0.3, 0.4) is 0 Å². The number of ether oxygens (including phenoxy) is 2. The maximum absolute atomic E-state index is 12.3. The van der Waals surface area contributed by atoms with E-state index in [-0.39, 0.29) is 24.1 Å². The van der Waals surface area contributed by atoms with Gasteiger partial charge in [0.05, 0.1) is 7.11 Å². The third kappa shape index (κ3) is 6.29. The molecule has 2 rings (SSSR count). The molecule has 25 heavy (non-hydrogen) atoms. The van der Waals surface area contributed by atoms with E-state index in [2.05, 4.69) is 10.6 Å². The highest BCUT2D eigenvalue weighted by molar-refractivity contribution is 5.94. The van der Waals surface area contributed by atoms with Crippen molar-refractivity contribution in [3.05, 3.63) is 29.8 Å². The highest BCUT2D eigenvalue weighted by atomic mass is 16.6. The van der Waals surface area contributed by atoms with Crippen LogP contribution >= 0.6 is 0 Å². The number of amides is 2. The molecule has 6 nitrogen and oxygen atoms in total. The summed E-state index contributed by atoms with van der Waals surface area (Å²) < 4.78 is 10.4. The van der Waals surface area contributed by atoms with Crippen LogP contribution in [0, 0.1) is 0 Å². The molecule has 1 saturated carbocycles. The van der Waals surface area contributed by atoms with Crippen molar-refractivity contribution in [1.82, 2.24) is 10.6 Å². The predicted molar refractivity (Wildman–Crippen MR) is 95.9 cm³/mol. The second-order valence-corrected chi connectivity index (χ2v) is 7.40. The van der Waals surface area contributed by atoms with Crippen LogP contribution in [0.5, 0.6) is 5.75 Å². The fraction of sp³-hybridized carbons (Fsp3) is 0.579. The van der Waals surface area contributed by atoms with Crippen molar-refractivity contribution in [2.75, 3.05) is 7.11 Å². The van der Waals surface area contributed by atoms with Gasteiger partial charge in [-0.2, -0.15) is 0 Å². The molecule has 1 aromatic carbocycles. The molecule has 0 aliphatic heterocycles. The number of carbonyl (C=O) groups excluding carboxylic acids is 2. The largest absolute Gasteiger partial charge is 0.497 e. The average molecular weight is 348 g/mol. The van der Waals surface area contributed by atoms with Gasteiger partial charge in [0.15, 0.2) is 0 Å². The second-order valence-electron chi connectivity index (χ2n) is 7.40. The van der Waals surface area contributed by atoms with E-state index in [1.54, 1.807) is 25.3 Å². The van der Waals surface area contributed by atoms with E-state index in [1.165, 1.54) is 0 Å². The summed E-state index contributed by atoms with van der Waals surface area (Å²) in [6.45, 7) is 5.53. The second kappa shape index (κ2) is 8.23. The zero-order valence-electron chi connectivity index (χ0n) is 15.4. The van der Waals surface area contributed by atoms with E-state index in [0.717, 1.165) is 25.7 Å². The van der Waals surface area contributed by atoms with Gasteiger partial charge in [-0.3, -0.25) is 4.79 Å². The topological polar surface area (TPSA) is 76.7 Å². The van der Waals surface area contributed by atoms with Gasteiger partial charge in [-0.25, -0.2) is 4.79 Å². The van der Waals surface area contributed by atoms with Crippen molar-refractivity contribution >= 4 is 12.0 Å². The lowest BCUT2D eigenvalue weighted by Crippen LogP contribution is -2.45. The first-order valence-electron chi connectivity index (χ1n) is 8.71. The van der Waals surface area contributed by atoms with Gasteiger partial charge >= 0.3 is 6.09 Å². The molecule has 0 aromatic heterocycles. The minimum absolute atomic E-state index is 0.0950. The lowest BCUT2D eigenvalue weighted by Gasteiger charge is -2.30. The van der Waals surface area contributed by atoms with Crippen molar-refractivity contribution in [3.8, 4) is 5.75 Å². The monoisotopic (exact) mass is 348 g/mol. The van der Waals surface area contributed by atoms with Crippen LogP contribution in [-0.2, 0) is 4.74 Å². The molecule has 0 unspecified atom stereocenters. The first-order valence-corrected chi connectivity index (χ1v) is 8.71. The normalized spacial score (nSPS) is 20.5. The molecule has 1 aliphatic carbocycles. The molecular formula is C19H28N2O4.